The molecule has 2 aliphatic rings. The molecule has 2 fully saturated rings. The van der Waals surface area contributed by atoms with E-state index < -0.39 is 0 Å². The number of anilines is 1. The Morgan fingerprint density at radius 1 is 0.897 bits per heavy atom. The molecule has 0 atom stereocenters. The van der Waals surface area contributed by atoms with Gasteiger partial charge in [0.2, 0.25) is 11.8 Å². The third-order valence-electron chi connectivity index (χ3n) is 5.19. The lowest BCUT2D eigenvalue weighted by Gasteiger charge is -2.36. The molecule has 0 bridgehead atoms. The monoisotopic (exact) mass is 406 g/mol. The predicted molar refractivity (Wildman–Crippen MR) is 108 cm³/mol. The molecule has 3 rings (SSSR count). The van der Waals surface area contributed by atoms with E-state index in [0.717, 1.165) is 13.1 Å². The fraction of sp³-hybridized carbons (Fsp3) is 0.600. The van der Waals surface area contributed by atoms with Crippen LogP contribution in [0.3, 0.4) is 0 Å². The number of hydrogen-bond donors (Lipinski definition) is 1. The summed E-state index contributed by atoms with van der Waals surface area (Å²) >= 11 is 0. The van der Waals surface area contributed by atoms with Crippen LogP contribution in [0.4, 0.5) is 5.69 Å². The Bertz CT molecular complexity index is 678. The minimum atomic E-state index is -0.103. The number of nitrogens with zero attached hydrogens (tertiary/aromatic N) is 3. The lowest BCUT2D eigenvalue weighted by molar-refractivity contribution is -0.135. The van der Waals surface area contributed by atoms with Crippen molar-refractivity contribution < 1.29 is 23.8 Å². The average molecular weight is 406 g/mol. The maximum Gasteiger partial charge on any atom is 0.238 e. The number of methoxy groups -OCH3 is 2. The number of carbonyl (C=O) groups is 2. The lowest BCUT2D eigenvalue weighted by Crippen LogP contribution is -2.53. The van der Waals surface area contributed by atoms with Gasteiger partial charge in [0, 0.05) is 63.2 Å². The summed E-state index contributed by atoms with van der Waals surface area (Å²) in [6.45, 7) is 6.37. The van der Waals surface area contributed by atoms with Crippen molar-refractivity contribution in [3.8, 4) is 11.5 Å². The SMILES string of the molecule is COc1cc(NC(=O)CN2CCN(C(=O)CN3CCOCC3)CC2)cc(OC)c1. The maximum atomic E-state index is 12.5. The molecular weight excluding hydrogens is 376 g/mol. The van der Waals surface area contributed by atoms with Crippen molar-refractivity contribution in [2.75, 3.05) is 85.1 Å². The highest BCUT2D eigenvalue weighted by Gasteiger charge is 2.24. The molecule has 2 amide bonds. The minimum Gasteiger partial charge on any atom is -0.497 e. The van der Waals surface area contributed by atoms with E-state index in [9.17, 15) is 9.59 Å². The van der Waals surface area contributed by atoms with Gasteiger partial charge in [0.25, 0.3) is 0 Å². The third kappa shape index (κ3) is 6.31. The highest BCUT2D eigenvalue weighted by molar-refractivity contribution is 5.92. The fourth-order valence-electron chi connectivity index (χ4n) is 3.49. The molecule has 0 spiro atoms. The number of piperazine rings is 1. The first-order valence-electron chi connectivity index (χ1n) is 9.90. The van der Waals surface area contributed by atoms with Gasteiger partial charge in [-0.3, -0.25) is 19.4 Å². The summed E-state index contributed by atoms with van der Waals surface area (Å²) in [6, 6.07) is 5.26. The largest absolute Gasteiger partial charge is 0.497 e. The second kappa shape index (κ2) is 10.4. The van der Waals surface area contributed by atoms with E-state index in [1.54, 1.807) is 32.4 Å². The summed E-state index contributed by atoms with van der Waals surface area (Å²) in [5.41, 5.74) is 0.630. The average Bonchev–Trinajstić information content (AvgIpc) is 2.74. The van der Waals surface area contributed by atoms with Crippen LogP contribution >= 0.6 is 0 Å². The summed E-state index contributed by atoms with van der Waals surface area (Å²) in [6.07, 6.45) is 0. The first-order valence-corrected chi connectivity index (χ1v) is 9.90. The van der Waals surface area contributed by atoms with Crippen LogP contribution in [0, 0.1) is 0 Å². The van der Waals surface area contributed by atoms with Gasteiger partial charge in [0.1, 0.15) is 11.5 Å². The van der Waals surface area contributed by atoms with Gasteiger partial charge in [-0.2, -0.15) is 0 Å². The highest BCUT2D eigenvalue weighted by atomic mass is 16.5. The van der Waals surface area contributed by atoms with E-state index in [4.69, 9.17) is 14.2 Å². The molecule has 160 valence electrons. The van der Waals surface area contributed by atoms with E-state index in [2.05, 4.69) is 15.1 Å². The summed E-state index contributed by atoms with van der Waals surface area (Å²) in [4.78, 5) is 31.0. The number of ether oxygens (including phenoxy) is 3. The molecule has 2 saturated heterocycles. The highest BCUT2D eigenvalue weighted by Crippen LogP contribution is 2.25. The second-order valence-electron chi connectivity index (χ2n) is 7.19. The van der Waals surface area contributed by atoms with Crippen LogP contribution in [0.2, 0.25) is 0 Å². The van der Waals surface area contributed by atoms with Gasteiger partial charge >= 0.3 is 0 Å². The maximum absolute atomic E-state index is 12.5. The second-order valence-corrected chi connectivity index (χ2v) is 7.19. The Morgan fingerprint density at radius 2 is 1.48 bits per heavy atom. The van der Waals surface area contributed by atoms with Gasteiger partial charge in [-0.15, -0.1) is 0 Å². The van der Waals surface area contributed by atoms with Crippen LogP contribution in [-0.4, -0.2) is 106 Å². The van der Waals surface area contributed by atoms with Crippen molar-refractivity contribution >= 4 is 17.5 Å². The lowest BCUT2D eigenvalue weighted by atomic mass is 10.2. The quantitative estimate of drug-likeness (QED) is 0.689. The molecule has 0 aliphatic carbocycles. The van der Waals surface area contributed by atoms with E-state index >= 15 is 0 Å². The van der Waals surface area contributed by atoms with Crippen LogP contribution in [0.5, 0.6) is 11.5 Å². The minimum absolute atomic E-state index is 0.103. The van der Waals surface area contributed by atoms with E-state index in [-0.39, 0.29) is 18.4 Å². The molecular formula is C20H30N4O5. The Labute approximate surface area is 171 Å². The van der Waals surface area contributed by atoms with Gasteiger partial charge in [-0.05, 0) is 0 Å². The Kier molecular flexibility index (Phi) is 7.68. The van der Waals surface area contributed by atoms with Crippen molar-refractivity contribution in [2.24, 2.45) is 0 Å². The number of hydrogen-bond acceptors (Lipinski definition) is 7. The Hall–Kier alpha value is -2.36. The van der Waals surface area contributed by atoms with E-state index in [0.29, 0.717) is 63.1 Å². The standard InChI is InChI=1S/C20H30N4O5/c1-27-17-11-16(12-18(13-17)28-2)21-19(25)14-22-3-5-24(6-4-22)20(26)15-23-7-9-29-10-8-23/h11-13H,3-10,14-15H2,1-2H3,(H,21,25). The summed E-state index contributed by atoms with van der Waals surface area (Å²) < 4.78 is 15.8. The molecule has 0 aromatic heterocycles. The van der Waals surface area contributed by atoms with E-state index in [1.807, 2.05) is 4.90 Å². The molecule has 9 heteroatoms. The van der Waals surface area contributed by atoms with Crippen LogP contribution in [0.25, 0.3) is 0 Å². The summed E-state index contributed by atoms with van der Waals surface area (Å²) in [5, 5.41) is 2.89. The van der Waals surface area contributed by atoms with Crippen LogP contribution < -0.4 is 14.8 Å². The number of carbonyl (C=O) groups excluding carboxylic acids is 2. The van der Waals surface area contributed by atoms with Crippen molar-refractivity contribution in [1.82, 2.24) is 14.7 Å². The first-order chi connectivity index (χ1) is 14.1. The molecule has 0 unspecified atom stereocenters. The summed E-state index contributed by atoms with van der Waals surface area (Å²) in [5.74, 6) is 1.28. The first kappa shape index (κ1) is 21.4. The van der Waals surface area contributed by atoms with Gasteiger partial charge in [0.15, 0.2) is 0 Å². The van der Waals surface area contributed by atoms with Gasteiger partial charge in [0.05, 0.1) is 40.5 Å². The van der Waals surface area contributed by atoms with Crippen molar-refractivity contribution in [3.63, 3.8) is 0 Å². The van der Waals surface area contributed by atoms with Gasteiger partial charge in [-0.25, -0.2) is 0 Å². The molecule has 0 radical (unpaired) electrons. The number of nitrogens with one attached hydrogen (secondary N) is 1. The normalized spacial score (nSPS) is 18.3. The number of rotatable bonds is 7. The molecule has 1 aromatic rings. The summed E-state index contributed by atoms with van der Waals surface area (Å²) in [7, 11) is 3.14. The van der Waals surface area contributed by atoms with Gasteiger partial charge < -0.3 is 24.4 Å². The number of morpholine rings is 1. The zero-order valence-electron chi connectivity index (χ0n) is 17.2. The molecule has 0 saturated carbocycles. The smallest absolute Gasteiger partial charge is 0.238 e. The Morgan fingerprint density at radius 3 is 2.07 bits per heavy atom. The molecule has 1 N–H and O–H groups in total. The number of benzene rings is 1. The predicted octanol–water partition coefficient (Wildman–Crippen LogP) is 0.119. The molecule has 9 nitrogen and oxygen atoms in total. The zero-order valence-corrected chi connectivity index (χ0v) is 17.2. The molecule has 2 heterocycles. The molecule has 29 heavy (non-hydrogen) atoms. The Balaban J connectivity index is 1.43. The topological polar surface area (TPSA) is 83.6 Å². The van der Waals surface area contributed by atoms with Crippen molar-refractivity contribution in [3.05, 3.63) is 18.2 Å². The van der Waals surface area contributed by atoms with Crippen LogP contribution in [0.1, 0.15) is 0 Å². The van der Waals surface area contributed by atoms with Crippen molar-refractivity contribution in [2.45, 2.75) is 0 Å². The fourth-order valence-corrected chi connectivity index (χ4v) is 3.49. The number of amides is 2. The van der Waals surface area contributed by atoms with Crippen molar-refractivity contribution in [1.29, 1.82) is 0 Å². The molecule has 2 aliphatic heterocycles. The van der Waals surface area contributed by atoms with Crippen LogP contribution in [0.15, 0.2) is 18.2 Å². The van der Waals surface area contributed by atoms with Gasteiger partial charge in [-0.1, -0.05) is 0 Å². The zero-order chi connectivity index (χ0) is 20.6. The third-order valence-corrected chi connectivity index (χ3v) is 5.19. The van der Waals surface area contributed by atoms with E-state index in [1.165, 1.54) is 0 Å². The van der Waals surface area contributed by atoms with Crippen LogP contribution in [-0.2, 0) is 14.3 Å². The molecule has 1 aromatic carbocycles.